The molecule has 2 nitrogen and oxygen atoms in total. The third kappa shape index (κ3) is 2.14. The zero-order valence-corrected chi connectivity index (χ0v) is 10.2. The summed E-state index contributed by atoms with van der Waals surface area (Å²) in [6, 6.07) is 15.6. The minimum absolute atomic E-state index is 0.0959. The predicted octanol–water partition coefficient (Wildman–Crippen LogP) is 3.40. The van der Waals surface area contributed by atoms with Crippen molar-refractivity contribution in [3.8, 4) is 11.1 Å². The number of benzene rings is 2. The highest BCUT2D eigenvalue weighted by Crippen LogP contribution is 2.24. The smallest absolute Gasteiger partial charge is 0.123 e. The van der Waals surface area contributed by atoms with Crippen molar-refractivity contribution in [1.29, 1.82) is 5.41 Å². The fraction of sp³-hybridized carbons (Fsp3) is 0. The number of rotatable bonds is 2. The lowest BCUT2D eigenvalue weighted by Crippen LogP contribution is -2.12. The Kier molecular flexibility index (Phi) is 3.06. The van der Waals surface area contributed by atoms with E-state index in [1.807, 2.05) is 48.5 Å². The molecule has 0 aliphatic carbocycles. The van der Waals surface area contributed by atoms with Gasteiger partial charge in [-0.05, 0) is 23.3 Å². The number of hydrogen-bond donors (Lipinski definition) is 2. The Labute approximate surface area is 103 Å². The highest BCUT2D eigenvalue weighted by Gasteiger charge is 2.05. The molecule has 3 N–H and O–H groups in total. The number of nitrogens with two attached hydrogens (primary N) is 1. The van der Waals surface area contributed by atoms with Crippen molar-refractivity contribution in [2.45, 2.75) is 0 Å². The van der Waals surface area contributed by atoms with Gasteiger partial charge < -0.3 is 5.73 Å². The van der Waals surface area contributed by atoms with Crippen LogP contribution in [0.4, 0.5) is 0 Å². The van der Waals surface area contributed by atoms with E-state index in [9.17, 15) is 0 Å². The van der Waals surface area contributed by atoms with Crippen LogP contribution in [-0.2, 0) is 0 Å². The molecule has 0 aliphatic rings. The number of nitrogen functional groups attached to an aromatic ring is 1. The van der Waals surface area contributed by atoms with Crippen molar-refractivity contribution in [1.82, 2.24) is 0 Å². The van der Waals surface area contributed by atoms with Crippen molar-refractivity contribution in [2.24, 2.45) is 5.73 Å². The number of nitrogens with one attached hydrogen (secondary N) is 1. The molecule has 0 saturated heterocycles. The molecule has 0 unspecified atom stereocenters. The first-order valence-electron chi connectivity index (χ1n) is 4.88. The van der Waals surface area contributed by atoms with Crippen molar-refractivity contribution in [3.05, 3.63) is 58.6 Å². The Morgan fingerprint density at radius 2 is 1.62 bits per heavy atom. The maximum Gasteiger partial charge on any atom is 0.123 e. The van der Waals surface area contributed by atoms with E-state index in [4.69, 9.17) is 11.1 Å². The van der Waals surface area contributed by atoms with Crippen LogP contribution in [0.5, 0.6) is 0 Å². The first-order valence-corrected chi connectivity index (χ1v) is 5.67. The third-order valence-corrected chi connectivity index (χ3v) is 2.90. The van der Waals surface area contributed by atoms with Gasteiger partial charge in [0.25, 0.3) is 0 Å². The SMILES string of the molecule is N=C(N)c1ccccc1-c1ccc(Br)cc1. The van der Waals surface area contributed by atoms with E-state index in [1.54, 1.807) is 0 Å². The Bertz CT molecular complexity index is 518. The van der Waals surface area contributed by atoms with E-state index >= 15 is 0 Å². The molecule has 0 aliphatic heterocycles. The summed E-state index contributed by atoms with van der Waals surface area (Å²) in [5, 5.41) is 7.54. The van der Waals surface area contributed by atoms with Gasteiger partial charge >= 0.3 is 0 Å². The third-order valence-electron chi connectivity index (χ3n) is 2.37. The molecule has 0 aromatic heterocycles. The van der Waals surface area contributed by atoms with Gasteiger partial charge in [0.05, 0.1) is 0 Å². The highest BCUT2D eigenvalue weighted by atomic mass is 79.9. The fourth-order valence-corrected chi connectivity index (χ4v) is 1.86. The maximum absolute atomic E-state index is 7.54. The second kappa shape index (κ2) is 4.49. The lowest BCUT2D eigenvalue weighted by molar-refractivity contribution is 1.42. The molecule has 80 valence electrons. The number of hydrogen-bond acceptors (Lipinski definition) is 1. The summed E-state index contributed by atoms with van der Waals surface area (Å²) >= 11 is 3.40. The van der Waals surface area contributed by atoms with Crippen LogP contribution in [0, 0.1) is 5.41 Å². The van der Waals surface area contributed by atoms with Crippen molar-refractivity contribution in [3.63, 3.8) is 0 Å². The van der Waals surface area contributed by atoms with Gasteiger partial charge in [-0.25, -0.2) is 0 Å². The van der Waals surface area contributed by atoms with E-state index in [1.165, 1.54) is 0 Å². The quantitative estimate of drug-likeness (QED) is 0.640. The fourth-order valence-electron chi connectivity index (χ4n) is 1.60. The highest BCUT2D eigenvalue weighted by molar-refractivity contribution is 9.10. The van der Waals surface area contributed by atoms with Gasteiger partial charge in [0.2, 0.25) is 0 Å². The molecule has 0 radical (unpaired) electrons. The summed E-state index contributed by atoms with van der Waals surface area (Å²) in [7, 11) is 0. The van der Waals surface area contributed by atoms with Crippen molar-refractivity contribution in [2.75, 3.05) is 0 Å². The molecule has 2 rings (SSSR count). The second-order valence-corrected chi connectivity index (χ2v) is 4.38. The second-order valence-electron chi connectivity index (χ2n) is 3.47. The van der Waals surface area contributed by atoms with E-state index in [-0.39, 0.29) is 5.84 Å². The minimum atomic E-state index is 0.0959. The molecule has 2 aromatic rings. The molecule has 0 saturated carbocycles. The summed E-state index contributed by atoms with van der Waals surface area (Å²) in [5.41, 5.74) is 8.38. The summed E-state index contributed by atoms with van der Waals surface area (Å²) in [6.45, 7) is 0. The van der Waals surface area contributed by atoms with Crippen molar-refractivity contribution >= 4 is 21.8 Å². The monoisotopic (exact) mass is 274 g/mol. The number of amidine groups is 1. The Hall–Kier alpha value is -1.61. The minimum Gasteiger partial charge on any atom is -0.384 e. The van der Waals surface area contributed by atoms with Crippen LogP contribution in [0.25, 0.3) is 11.1 Å². The van der Waals surface area contributed by atoms with Gasteiger partial charge in [-0.3, -0.25) is 5.41 Å². The van der Waals surface area contributed by atoms with Crippen molar-refractivity contribution < 1.29 is 0 Å². The topological polar surface area (TPSA) is 49.9 Å². The summed E-state index contributed by atoms with van der Waals surface area (Å²) in [6.07, 6.45) is 0. The normalized spacial score (nSPS) is 10.1. The molecule has 3 heteroatoms. The van der Waals surface area contributed by atoms with E-state index in [0.717, 1.165) is 21.2 Å². The summed E-state index contributed by atoms with van der Waals surface area (Å²) in [4.78, 5) is 0. The molecular formula is C13H11BrN2. The van der Waals surface area contributed by atoms with Crippen LogP contribution in [0.1, 0.15) is 5.56 Å². The molecule has 0 spiro atoms. The van der Waals surface area contributed by atoms with E-state index in [2.05, 4.69) is 15.9 Å². The molecule has 0 amide bonds. The van der Waals surface area contributed by atoms with Gasteiger partial charge in [-0.15, -0.1) is 0 Å². The molecule has 2 aromatic carbocycles. The number of halogens is 1. The Morgan fingerprint density at radius 1 is 1.00 bits per heavy atom. The first kappa shape index (κ1) is 10.9. The van der Waals surface area contributed by atoms with Crippen LogP contribution in [-0.4, -0.2) is 5.84 Å². The van der Waals surface area contributed by atoms with E-state index < -0.39 is 0 Å². The Morgan fingerprint density at radius 3 is 2.25 bits per heavy atom. The average Bonchev–Trinajstić information content (AvgIpc) is 2.30. The van der Waals surface area contributed by atoms with Gasteiger partial charge in [0.1, 0.15) is 5.84 Å². The molecule has 0 heterocycles. The first-order chi connectivity index (χ1) is 7.68. The van der Waals surface area contributed by atoms with Gasteiger partial charge in [-0.1, -0.05) is 52.3 Å². The average molecular weight is 275 g/mol. The van der Waals surface area contributed by atoms with Gasteiger partial charge in [-0.2, -0.15) is 0 Å². The van der Waals surface area contributed by atoms with Crippen LogP contribution in [0.15, 0.2) is 53.0 Å². The zero-order valence-electron chi connectivity index (χ0n) is 8.57. The summed E-state index contributed by atoms with van der Waals surface area (Å²) in [5.74, 6) is 0.0959. The maximum atomic E-state index is 7.54. The van der Waals surface area contributed by atoms with Gasteiger partial charge in [0, 0.05) is 10.0 Å². The van der Waals surface area contributed by atoms with Crippen LogP contribution in [0.2, 0.25) is 0 Å². The Balaban J connectivity index is 2.55. The van der Waals surface area contributed by atoms with Gasteiger partial charge in [0.15, 0.2) is 0 Å². The zero-order chi connectivity index (χ0) is 11.5. The van der Waals surface area contributed by atoms with Crippen LogP contribution in [0.3, 0.4) is 0 Å². The molecule has 16 heavy (non-hydrogen) atoms. The molecule has 0 atom stereocenters. The molecule has 0 bridgehead atoms. The van der Waals surface area contributed by atoms with E-state index in [0.29, 0.717) is 0 Å². The largest absolute Gasteiger partial charge is 0.384 e. The lowest BCUT2D eigenvalue weighted by Gasteiger charge is -2.08. The predicted molar refractivity (Wildman–Crippen MR) is 70.6 cm³/mol. The molecular weight excluding hydrogens is 264 g/mol. The molecule has 0 fully saturated rings. The standard InChI is InChI=1S/C13H11BrN2/c14-10-7-5-9(6-8-10)11-3-1-2-4-12(11)13(15)16/h1-8H,(H3,15,16). The van der Waals surface area contributed by atoms with Crippen LogP contribution >= 0.6 is 15.9 Å². The van der Waals surface area contributed by atoms with Crippen LogP contribution < -0.4 is 5.73 Å². The summed E-state index contributed by atoms with van der Waals surface area (Å²) < 4.78 is 1.04. The lowest BCUT2D eigenvalue weighted by atomic mass is 9.99.